The molecule has 3 heterocycles. The van der Waals surface area contributed by atoms with E-state index in [1.165, 1.54) is 10.6 Å². The number of carbonyl (C=O) groups excluding carboxylic acids is 1. The van der Waals surface area contributed by atoms with Crippen LogP contribution in [0.3, 0.4) is 0 Å². The molecule has 0 aliphatic carbocycles. The number of amides is 1. The number of aryl methyl sites for hydroxylation is 1. The maximum absolute atomic E-state index is 12.7. The van der Waals surface area contributed by atoms with Gasteiger partial charge in [0.15, 0.2) is 0 Å². The van der Waals surface area contributed by atoms with Crippen molar-refractivity contribution in [1.82, 2.24) is 25.1 Å². The topological polar surface area (TPSA) is 115 Å². The summed E-state index contributed by atoms with van der Waals surface area (Å²) in [5.41, 5.74) is 7.33. The van der Waals surface area contributed by atoms with Gasteiger partial charge in [-0.15, -0.1) is 0 Å². The van der Waals surface area contributed by atoms with Crippen molar-refractivity contribution < 1.29 is 9.32 Å². The SMILES string of the molecule is Cc1cccc(Cn2cccc(C(=O)NNc3nc(-c4ccncc4)no3)c2=O)c1. The van der Waals surface area contributed by atoms with Gasteiger partial charge in [-0.25, -0.2) is 5.43 Å². The molecule has 1 amide bonds. The van der Waals surface area contributed by atoms with E-state index in [1.807, 2.05) is 31.2 Å². The Labute approximate surface area is 171 Å². The predicted octanol–water partition coefficient (Wildman–Crippen LogP) is 2.41. The van der Waals surface area contributed by atoms with Crippen molar-refractivity contribution in [3.63, 3.8) is 0 Å². The van der Waals surface area contributed by atoms with Gasteiger partial charge in [0, 0.05) is 24.2 Å². The van der Waals surface area contributed by atoms with Crippen LogP contribution in [-0.4, -0.2) is 25.6 Å². The fraction of sp³-hybridized carbons (Fsp3) is 0.0952. The molecule has 30 heavy (non-hydrogen) atoms. The number of benzene rings is 1. The fourth-order valence-corrected chi connectivity index (χ4v) is 2.91. The number of nitrogens with one attached hydrogen (secondary N) is 2. The number of aromatic nitrogens is 4. The van der Waals surface area contributed by atoms with Crippen molar-refractivity contribution in [2.24, 2.45) is 0 Å². The molecule has 3 aromatic heterocycles. The van der Waals surface area contributed by atoms with Crippen LogP contribution in [0.2, 0.25) is 0 Å². The minimum atomic E-state index is -0.609. The summed E-state index contributed by atoms with van der Waals surface area (Å²) >= 11 is 0. The summed E-state index contributed by atoms with van der Waals surface area (Å²) in [6.07, 6.45) is 4.86. The molecule has 0 saturated heterocycles. The first-order chi connectivity index (χ1) is 14.6. The minimum Gasteiger partial charge on any atom is -0.313 e. The van der Waals surface area contributed by atoms with E-state index in [1.54, 1.807) is 36.8 Å². The molecule has 1 aromatic carbocycles. The van der Waals surface area contributed by atoms with E-state index in [2.05, 4.69) is 26.0 Å². The fourth-order valence-electron chi connectivity index (χ4n) is 2.91. The summed E-state index contributed by atoms with van der Waals surface area (Å²) in [5, 5.41) is 3.83. The van der Waals surface area contributed by atoms with Crippen LogP contribution in [0.1, 0.15) is 21.5 Å². The van der Waals surface area contributed by atoms with E-state index in [4.69, 9.17) is 4.52 Å². The molecular formula is C21H18N6O3. The van der Waals surface area contributed by atoms with E-state index < -0.39 is 11.5 Å². The molecule has 0 saturated carbocycles. The molecule has 0 fully saturated rings. The van der Waals surface area contributed by atoms with Gasteiger partial charge in [0.05, 0.1) is 6.54 Å². The highest BCUT2D eigenvalue weighted by Gasteiger charge is 2.14. The Morgan fingerprint density at radius 1 is 1.13 bits per heavy atom. The largest absolute Gasteiger partial charge is 0.340 e. The molecule has 0 aliphatic heterocycles. The van der Waals surface area contributed by atoms with Crippen molar-refractivity contribution in [3.8, 4) is 11.4 Å². The van der Waals surface area contributed by atoms with Crippen LogP contribution in [0, 0.1) is 6.92 Å². The molecule has 0 atom stereocenters. The van der Waals surface area contributed by atoms with E-state index in [0.717, 1.165) is 16.7 Å². The quantitative estimate of drug-likeness (QED) is 0.476. The number of rotatable bonds is 6. The molecule has 150 valence electrons. The van der Waals surface area contributed by atoms with Gasteiger partial charge in [-0.3, -0.25) is 20.0 Å². The summed E-state index contributed by atoms with van der Waals surface area (Å²) in [6, 6.07) is 14.4. The third-order valence-corrected chi connectivity index (χ3v) is 4.35. The lowest BCUT2D eigenvalue weighted by molar-refractivity contribution is 0.0959. The standard InChI is InChI=1S/C21H18N6O3/c1-14-4-2-5-15(12-14)13-27-11-3-6-17(20(27)29)19(28)24-25-21-23-18(26-30-21)16-7-9-22-10-8-16/h2-12H,13H2,1H3,(H,24,28)(H,23,25,26). The van der Waals surface area contributed by atoms with Crippen LogP contribution in [-0.2, 0) is 6.54 Å². The maximum atomic E-state index is 12.7. The van der Waals surface area contributed by atoms with E-state index in [0.29, 0.717) is 12.4 Å². The highest BCUT2D eigenvalue weighted by molar-refractivity contribution is 5.94. The molecule has 9 heteroatoms. The number of pyridine rings is 2. The Morgan fingerprint density at radius 2 is 1.97 bits per heavy atom. The van der Waals surface area contributed by atoms with E-state index in [-0.39, 0.29) is 11.6 Å². The number of hydrogen-bond donors (Lipinski definition) is 2. The van der Waals surface area contributed by atoms with E-state index >= 15 is 0 Å². The lowest BCUT2D eigenvalue weighted by atomic mass is 10.1. The Kier molecular flexibility index (Phi) is 5.33. The second-order valence-corrected chi connectivity index (χ2v) is 6.58. The number of hydrogen-bond acceptors (Lipinski definition) is 7. The number of nitrogens with zero attached hydrogens (tertiary/aromatic N) is 4. The van der Waals surface area contributed by atoms with Gasteiger partial charge in [-0.2, -0.15) is 4.98 Å². The van der Waals surface area contributed by atoms with Gasteiger partial charge in [0.2, 0.25) is 5.82 Å². The second kappa shape index (κ2) is 8.39. The Morgan fingerprint density at radius 3 is 2.77 bits per heavy atom. The molecule has 4 rings (SSSR count). The molecule has 0 aliphatic rings. The first-order valence-corrected chi connectivity index (χ1v) is 9.15. The van der Waals surface area contributed by atoms with Crippen molar-refractivity contribution in [2.75, 3.05) is 5.43 Å². The summed E-state index contributed by atoms with van der Waals surface area (Å²) in [5.74, 6) is -0.267. The van der Waals surface area contributed by atoms with Gasteiger partial charge in [-0.05, 0) is 36.8 Å². The molecule has 0 spiro atoms. The highest BCUT2D eigenvalue weighted by Crippen LogP contribution is 2.15. The first kappa shape index (κ1) is 19.1. The maximum Gasteiger partial charge on any atom is 0.340 e. The molecule has 0 bridgehead atoms. The van der Waals surface area contributed by atoms with Crippen LogP contribution in [0.15, 0.2) is 76.4 Å². The van der Waals surface area contributed by atoms with Crippen LogP contribution >= 0.6 is 0 Å². The lowest BCUT2D eigenvalue weighted by Crippen LogP contribution is -2.36. The average Bonchev–Trinajstić information content (AvgIpc) is 3.23. The van der Waals surface area contributed by atoms with Gasteiger partial charge in [-0.1, -0.05) is 35.0 Å². The zero-order chi connectivity index (χ0) is 20.9. The second-order valence-electron chi connectivity index (χ2n) is 6.58. The smallest absolute Gasteiger partial charge is 0.313 e. The third-order valence-electron chi connectivity index (χ3n) is 4.35. The van der Waals surface area contributed by atoms with Crippen molar-refractivity contribution in [2.45, 2.75) is 13.5 Å². The monoisotopic (exact) mass is 402 g/mol. The Hall–Kier alpha value is -4.27. The molecular weight excluding hydrogens is 384 g/mol. The number of carbonyl (C=O) groups is 1. The van der Waals surface area contributed by atoms with Crippen molar-refractivity contribution in [3.05, 3.63) is 94.2 Å². The summed E-state index contributed by atoms with van der Waals surface area (Å²) in [7, 11) is 0. The Balaban J connectivity index is 1.45. The zero-order valence-corrected chi connectivity index (χ0v) is 16.1. The van der Waals surface area contributed by atoms with Crippen molar-refractivity contribution >= 4 is 11.9 Å². The normalized spacial score (nSPS) is 10.6. The molecule has 2 N–H and O–H groups in total. The Bertz CT molecular complexity index is 1230. The van der Waals surface area contributed by atoms with Gasteiger partial charge in [0.1, 0.15) is 5.56 Å². The highest BCUT2D eigenvalue weighted by atomic mass is 16.5. The minimum absolute atomic E-state index is 0.00785. The third kappa shape index (κ3) is 4.25. The lowest BCUT2D eigenvalue weighted by Gasteiger charge is -2.09. The van der Waals surface area contributed by atoms with Gasteiger partial charge in [0.25, 0.3) is 11.5 Å². The van der Waals surface area contributed by atoms with Crippen LogP contribution in [0.5, 0.6) is 0 Å². The summed E-state index contributed by atoms with van der Waals surface area (Å²) in [4.78, 5) is 33.3. The zero-order valence-electron chi connectivity index (χ0n) is 16.1. The van der Waals surface area contributed by atoms with Crippen LogP contribution in [0.25, 0.3) is 11.4 Å². The van der Waals surface area contributed by atoms with Crippen LogP contribution < -0.4 is 16.4 Å². The van der Waals surface area contributed by atoms with Gasteiger partial charge >= 0.3 is 6.01 Å². The molecule has 0 radical (unpaired) electrons. The summed E-state index contributed by atoms with van der Waals surface area (Å²) in [6.45, 7) is 2.35. The number of hydrazine groups is 1. The average molecular weight is 402 g/mol. The molecule has 0 unspecified atom stereocenters. The molecule has 4 aromatic rings. The predicted molar refractivity (Wildman–Crippen MR) is 110 cm³/mol. The number of anilines is 1. The first-order valence-electron chi connectivity index (χ1n) is 9.15. The van der Waals surface area contributed by atoms with E-state index in [9.17, 15) is 9.59 Å². The van der Waals surface area contributed by atoms with Crippen molar-refractivity contribution in [1.29, 1.82) is 0 Å². The van der Waals surface area contributed by atoms with Crippen LogP contribution in [0.4, 0.5) is 6.01 Å². The van der Waals surface area contributed by atoms with Gasteiger partial charge < -0.3 is 9.09 Å². The summed E-state index contributed by atoms with van der Waals surface area (Å²) < 4.78 is 6.54. The molecule has 9 nitrogen and oxygen atoms in total.